The minimum atomic E-state index is -1.66. The number of aliphatic hydroxyl groups is 5. The molecule has 5 heteroatoms. The Labute approximate surface area is 160 Å². The van der Waals surface area contributed by atoms with Crippen LogP contribution in [0.5, 0.6) is 0 Å². The van der Waals surface area contributed by atoms with Crippen molar-refractivity contribution in [1.29, 1.82) is 0 Å². The van der Waals surface area contributed by atoms with Crippen molar-refractivity contribution in [1.82, 2.24) is 0 Å². The molecule has 0 fully saturated rings. The van der Waals surface area contributed by atoms with Crippen LogP contribution in [0.3, 0.4) is 0 Å². The van der Waals surface area contributed by atoms with Gasteiger partial charge in [0.2, 0.25) is 0 Å². The van der Waals surface area contributed by atoms with Gasteiger partial charge < -0.3 is 25.5 Å². The van der Waals surface area contributed by atoms with Crippen molar-refractivity contribution >= 4 is 0 Å². The maximum atomic E-state index is 10.9. The third kappa shape index (κ3) is 4.75. The third-order valence-corrected chi connectivity index (χ3v) is 5.40. The van der Waals surface area contributed by atoms with Crippen LogP contribution in [0.25, 0.3) is 0 Å². The summed E-state index contributed by atoms with van der Waals surface area (Å²) in [5.74, 6) is -0.598. The first-order valence-corrected chi connectivity index (χ1v) is 9.14. The highest BCUT2D eigenvalue weighted by Gasteiger charge is 2.36. The van der Waals surface area contributed by atoms with Crippen molar-refractivity contribution in [3.63, 3.8) is 0 Å². The summed E-state index contributed by atoms with van der Waals surface area (Å²) in [6.45, 7) is 7.24. The van der Waals surface area contributed by atoms with Gasteiger partial charge in [-0.3, -0.25) is 0 Å². The molecular formula is C22H30O5. The molecule has 0 aromatic heterocycles. The lowest BCUT2D eigenvalue weighted by Crippen LogP contribution is -2.48. The van der Waals surface area contributed by atoms with Crippen LogP contribution < -0.4 is 0 Å². The van der Waals surface area contributed by atoms with E-state index in [2.05, 4.69) is 0 Å². The molecular weight excluding hydrogens is 344 g/mol. The zero-order valence-corrected chi connectivity index (χ0v) is 16.3. The minimum Gasteiger partial charge on any atom is -0.394 e. The molecule has 5 nitrogen and oxygen atoms in total. The molecule has 0 amide bonds. The topological polar surface area (TPSA) is 101 Å². The fraction of sp³-hybridized carbons (Fsp3) is 0.455. The molecule has 0 aliphatic carbocycles. The van der Waals surface area contributed by atoms with E-state index in [1.165, 1.54) is 0 Å². The fourth-order valence-electron chi connectivity index (χ4n) is 3.24. The summed E-state index contributed by atoms with van der Waals surface area (Å²) in [7, 11) is 0. The van der Waals surface area contributed by atoms with Gasteiger partial charge in [-0.05, 0) is 61.1 Å². The molecule has 0 unspecified atom stereocenters. The minimum absolute atomic E-state index is 0.598. The van der Waals surface area contributed by atoms with E-state index in [0.717, 1.165) is 33.4 Å². The molecule has 2 aromatic carbocycles. The van der Waals surface area contributed by atoms with E-state index in [9.17, 15) is 20.4 Å². The molecule has 5 N–H and O–H groups in total. The molecule has 2 rings (SSSR count). The maximum Gasteiger partial charge on any atom is 0.111 e. The predicted molar refractivity (Wildman–Crippen MR) is 105 cm³/mol. The first kappa shape index (κ1) is 21.5. The zero-order valence-electron chi connectivity index (χ0n) is 16.3. The Morgan fingerprint density at radius 2 is 1.07 bits per heavy atom. The normalized spacial score (nSPS) is 16.2. The summed E-state index contributed by atoms with van der Waals surface area (Å²) in [5.41, 5.74) is 5.95. The summed E-state index contributed by atoms with van der Waals surface area (Å²) in [4.78, 5) is 0. The number of aryl methyl sites for hydroxylation is 4. The van der Waals surface area contributed by atoms with E-state index >= 15 is 0 Å². The Kier molecular flexibility index (Phi) is 7.14. The van der Waals surface area contributed by atoms with Gasteiger partial charge in [-0.1, -0.05) is 36.4 Å². The van der Waals surface area contributed by atoms with Gasteiger partial charge in [-0.15, -0.1) is 0 Å². The SMILES string of the molecule is Cc1ccc(C(c2ccc(C)c(C)c2)[C@@H](O)[C@@H](O)[C@H](O)[C@H](O)CO)cc1C. The average molecular weight is 374 g/mol. The van der Waals surface area contributed by atoms with Crippen molar-refractivity contribution < 1.29 is 25.5 Å². The first-order valence-electron chi connectivity index (χ1n) is 9.14. The van der Waals surface area contributed by atoms with E-state index in [4.69, 9.17) is 5.11 Å². The van der Waals surface area contributed by atoms with Crippen molar-refractivity contribution in [2.75, 3.05) is 6.61 Å². The summed E-state index contributed by atoms with van der Waals surface area (Å²) in [6.07, 6.45) is -6.19. The van der Waals surface area contributed by atoms with E-state index < -0.39 is 36.9 Å². The molecule has 0 spiro atoms. The van der Waals surface area contributed by atoms with Crippen LogP contribution in [0, 0.1) is 27.7 Å². The maximum absolute atomic E-state index is 10.9. The Bertz CT molecular complexity index is 722. The van der Waals surface area contributed by atoms with Gasteiger partial charge in [0.1, 0.15) is 18.3 Å². The molecule has 0 bridgehead atoms. The highest BCUT2D eigenvalue weighted by atomic mass is 16.4. The first-order chi connectivity index (χ1) is 12.7. The monoisotopic (exact) mass is 374 g/mol. The van der Waals surface area contributed by atoms with Gasteiger partial charge in [0.25, 0.3) is 0 Å². The van der Waals surface area contributed by atoms with Crippen LogP contribution in [-0.4, -0.2) is 56.6 Å². The van der Waals surface area contributed by atoms with E-state index in [-0.39, 0.29) is 0 Å². The fourth-order valence-corrected chi connectivity index (χ4v) is 3.24. The summed E-state index contributed by atoms with van der Waals surface area (Å²) in [5, 5.41) is 50.1. The van der Waals surface area contributed by atoms with Crippen molar-refractivity contribution in [2.24, 2.45) is 0 Å². The smallest absolute Gasteiger partial charge is 0.111 e. The second-order valence-electron chi connectivity index (χ2n) is 7.39. The third-order valence-electron chi connectivity index (χ3n) is 5.40. The van der Waals surface area contributed by atoms with E-state index in [1.807, 2.05) is 64.1 Å². The molecule has 27 heavy (non-hydrogen) atoms. The van der Waals surface area contributed by atoms with Gasteiger partial charge in [-0.25, -0.2) is 0 Å². The van der Waals surface area contributed by atoms with E-state index in [1.54, 1.807) is 0 Å². The quantitative estimate of drug-likeness (QED) is 0.505. The molecule has 2 aromatic rings. The summed E-state index contributed by atoms with van der Waals surface area (Å²) in [6, 6.07) is 11.6. The molecule has 0 radical (unpaired) electrons. The van der Waals surface area contributed by atoms with Gasteiger partial charge in [0.15, 0.2) is 0 Å². The summed E-state index contributed by atoms with van der Waals surface area (Å²) >= 11 is 0. The van der Waals surface area contributed by atoms with Crippen LogP contribution >= 0.6 is 0 Å². The van der Waals surface area contributed by atoms with Crippen LogP contribution in [0.2, 0.25) is 0 Å². The van der Waals surface area contributed by atoms with Crippen molar-refractivity contribution in [3.05, 3.63) is 69.8 Å². The lowest BCUT2D eigenvalue weighted by molar-refractivity contribution is -0.117. The van der Waals surface area contributed by atoms with Crippen LogP contribution in [0.1, 0.15) is 39.3 Å². The second kappa shape index (κ2) is 8.95. The second-order valence-corrected chi connectivity index (χ2v) is 7.39. The Morgan fingerprint density at radius 3 is 1.44 bits per heavy atom. The Hall–Kier alpha value is -1.76. The van der Waals surface area contributed by atoms with E-state index in [0.29, 0.717) is 0 Å². The number of aliphatic hydroxyl groups excluding tert-OH is 5. The van der Waals surface area contributed by atoms with Crippen molar-refractivity contribution in [3.8, 4) is 0 Å². The zero-order chi connectivity index (χ0) is 20.3. The van der Waals surface area contributed by atoms with Gasteiger partial charge >= 0.3 is 0 Å². The number of rotatable bonds is 7. The molecule has 0 aliphatic rings. The number of benzene rings is 2. The molecule has 0 heterocycles. The van der Waals surface area contributed by atoms with Crippen molar-refractivity contribution in [2.45, 2.75) is 58.0 Å². The predicted octanol–water partition coefficient (Wildman–Crippen LogP) is 1.49. The molecule has 0 aliphatic heterocycles. The van der Waals surface area contributed by atoms with Crippen LogP contribution in [0.15, 0.2) is 36.4 Å². The van der Waals surface area contributed by atoms with Gasteiger partial charge in [0.05, 0.1) is 12.7 Å². The van der Waals surface area contributed by atoms with Gasteiger partial charge in [-0.2, -0.15) is 0 Å². The van der Waals surface area contributed by atoms with Gasteiger partial charge in [0, 0.05) is 5.92 Å². The lowest BCUT2D eigenvalue weighted by Gasteiger charge is -2.32. The van der Waals surface area contributed by atoms with Crippen LogP contribution in [-0.2, 0) is 0 Å². The number of hydrogen-bond donors (Lipinski definition) is 5. The lowest BCUT2D eigenvalue weighted by atomic mass is 9.81. The standard InChI is InChI=1S/C22H30O5/c1-12-5-7-16(9-14(12)3)19(17-8-6-13(2)15(4)10-17)21(26)22(27)20(25)18(24)11-23/h5-10,18-27H,11H2,1-4H3/t18-,20-,21-,22+/m1/s1. The Morgan fingerprint density at radius 1 is 0.630 bits per heavy atom. The molecule has 0 saturated carbocycles. The molecule has 0 saturated heterocycles. The summed E-state index contributed by atoms with van der Waals surface area (Å²) < 4.78 is 0. The highest BCUT2D eigenvalue weighted by molar-refractivity contribution is 5.41. The highest BCUT2D eigenvalue weighted by Crippen LogP contribution is 2.33. The van der Waals surface area contributed by atoms with Crippen LogP contribution in [0.4, 0.5) is 0 Å². The molecule has 148 valence electrons. The largest absolute Gasteiger partial charge is 0.394 e. The molecule has 4 atom stereocenters. The average Bonchev–Trinajstić information content (AvgIpc) is 2.65. The Balaban J connectivity index is 2.51. The number of hydrogen-bond acceptors (Lipinski definition) is 5.